The average molecular weight is 614 g/mol. The monoisotopic (exact) mass is 613 g/mol. The van der Waals surface area contributed by atoms with Gasteiger partial charge in [0.2, 0.25) is 11.8 Å². The van der Waals surface area contributed by atoms with Crippen molar-refractivity contribution in [2.75, 3.05) is 4.90 Å². The number of carbonyl (C=O) groups is 4. The van der Waals surface area contributed by atoms with Crippen LogP contribution in [-0.2, 0) is 33.2 Å². The third-order valence-corrected chi connectivity index (χ3v) is 7.12. The number of anilines is 1. The van der Waals surface area contributed by atoms with Crippen molar-refractivity contribution in [2.24, 2.45) is 0 Å². The topological polar surface area (TPSA) is 105 Å². The Hall–Kier alpha value is -4.10. The molecule has 4 rings (SSSR count). The third kappa shape index (κ3) is 7.11. The summed E-state index contributed by atoms with van der Waals surface area (Å²) in [5.74, 6) is -2.29. The summed E-state index contributed by atoms with van der Waals surface area (Å²) in [6.07, 6.45) is -10.6. The molecular weight excluding hydrogens is 584 g/mol. The number of alkyl halides is 6. The number of nitrogens with one attached hydrogen (secondary N) is 2. The molecule has 0 aromatic heterocycles. The Balaban J connectivity index is 1.68. The zero-order valence-corrected chi connectivity index (χ0v) is 23.4. The predicted octanol–water partition coefficient (Wildman–Crippen LogP) is 5.78. The maximum atomic E-state index is 13.8. The minimum absolute atomic E-state index is 0.000794. The van der Waals surface area contributed by atoms with E-state index in [4.69, 9.17) is 4.74 Å². The van der Waals surface area contributed by atoms with Gasteiger partial charge in [-0.1, -0.05) is 12.1 Å². The van der Waals surface area contributed by atoms with E-state index in [1.54, 1.807) is 20.8 Å². The van der Waals surface area contributed by atoms with Crippen LogP contribution in [0.15, 0.2) is 42.5 Å². The molecule has 0 saturated heterocycles. The Kier molecular flexibility index (Phi) is 8.28. The molecule has 0 bridgehead atoms. The highest BCUT2D eigenvalue weighted by Crippen LogP contribution is 2.38. The fraction of sp³-hybridized carbons (Fsp3) is 0.448. The predicted molar refractivity (Wildman–Crippen MR) is 141 cm³/mol. The average Bonchev–Trinajstić information content (AvgIpc) is 2.94. The number of nitrogens with zero attached hydrogens (tertiary/aromatic N) is 1. The van der Waals surface area contributed by atoms with Crippen LogP contribution in [0.2, 0.25) is 0 Å². The molecule has 0 radical (unpaired) electrons. The molecule has 1 fully saturated rings. The smallest absolute Gasteiger partial charge is 0.416 e. The number of hydrogen-bond donors (Lipinski definition) is 2. The number of ketones is 1. The van der Waals surface area contributed by atoms with E-state index in [-0.39, 0.29) is 30.2 Å². The zero-order chi connectivity index (χ0) is 32.0. The molecule has 2 N–H and O–H groups in total. The van der Waals surface area contributed by atoms with Gasteiger partial charge in [0.15, 0.2) is 5.78 Å². The van der Waals surface area contributed by atoms with Gasteiger partial charge in [0.25, 0.3) is 0 Å². The van der Waals surface area contributed by atoms with Gasteiger partial charge in [0, 0.05) is 12.0 Å². The number of hydrogen-bond acceptors (Lipinski definition) is 5. The highest BCUT2D eigenvalue weighted by molar-refractivity contribution is 6.13. The van der Waals surface area contributed by atoms with E-state index in [1.807, 2.05) is 0 Å². The first-order chi connectivity index (χ1) is 19.8. The van der Waals surface area contributed by atoms with Crippen LogP contribution < -0.4 is 15.5 Å². The fourth-order valence-electron chi connectivity index (χ4n) is 4.94. The van der Waals surface area contributed by atoms with Gasteiger partial charge < -0.3 is 20.3 Å². The first-order valence-corrected chi connectivity index (χ1v) is 13.3. The first-order valence-electron chi connectivity index (χ1n) is 13.3. The van der Waals surface area contributed by atoms with Crippen molar-refractivity contribution in [1.82, 2.24) is 10.6 Å². The van der Waals surface area contributed by atoms with E-state index in [0.717, 1.165) is 4.90 Å². The Bertz CT molecular complexity index is 1410. The van der Waals surface area contributed by atoms with Crippen molar-refractivity contribution >= 4 is 29.4 Å². The molecule has 2 aromatic carbocycles. The second kappa shape index (κ2) is 11.2. The van der Waals surface area contributed by atoms with Gasteiger partial charge in [0.1, 0.15) is 17.2 Å². The van der Waals surface area contributed by atoms with Crippen LogP contribution in [0.4, 0.5) is 36.8 Å². The van der Waals surface area contributed by atoms with Gasteiger partial charge in [-0.3, -0.25) is 14.4 Å². The molecule has 3 amide bonds. The fourth-order valence-corrected chi connectivity index (χ4v) is 4.94. The van der Waals surface area contributed by atoms with Gasteiger partial charge in [-0.25, -0.2) is 4.79 Å². The number of Topliss-reactive ketones (excluding diaryl/α,β-unsaturated/α-hetero) is 1. The van der Waals surface area contributed by atoms with Gasteiger partial charge in [0.05, 0.1) is 23.4 Å². The summed E-state index contributed by atoms with van der Waals surface area (Å²) >= 11 is 0. The lowest BCUT2D eigenvalue weighted by Crippen LogP contribution is -2.65. The molecule has 1 aliphatic carbocycles. The van der Waals surface area contributed by atoms with Crippen LogP contribution in [0, 0.1) is 0 Å². The normalized spacial score (nSPS) is 18.7. The number of fused-ring (bicyclic) bond motifs is 1. The van der Waals surface area contributed by atoms with Crippen LogP contribution in [-0.4, -0.2) is 40.9 Å². The zero-order valence-electron chi connectivity index (χ0n) is 23.4. The quantitative estimate of drug-likeness (QED) is 0.417. The van der Waals surface area contributed by atoms with Crippen LogP contribution in [0.25, 0.3) is 0 Å². The van der Waals surface area contributed by atoms with Crippen molar-refractivity contribution in [3.8, 4) is 0 Å². The second-order valence-electron chi connectivity index (χ2n) is 11.6. The van der Waals surface area contributed by atoms with E-state index in [9.17, 15) is 45.5 Å². The van der Waals surface area contributed by atoms with Crippen molar-refractivity contribution < 1.29 is 50.3 Å². The summed E-state index contributed by atoms with van der Waals surface area (Å²) in [4.78, 5) is 53.7. The molecule has 43 heavy (non-hydrogen) atoms. The molecule has 1 aliphatic heterocycles. The molecule has 232 valence electrons. The Labute approximate surface area is 242 Å². The van der Waals surface area contributed by atoms with Gasteiger partial charge >= 0.3 is 18.4 Å². The summed E-state index contributed by atoms with van der Waals surface area (Å²) < 4.78 is 86.3. The largest absolute Gasteiger partial charge is 0.444 e. The van der Waals surface area contributed by atoms with Gasteiger partial charge in [-0.15, -0.1) is 0 Å². The van der Waals surface area contributed by atoms with E-state index < -0.39 is 82.9 Å². The lowest BCUT2D eigenvalue weighted by molar-refractivity contribution is -0.143. The van der Waals surface area contributed by atoms with Crippen molar-refractivity contribution in [3.05, 3.63) is 64.7 Å². The number of carbonyl (C=O) groups excluding carboxylic acids is 4. The van der Waals surface area contributed by atoms with Crippen LogP contribution in [0.1, 0.15) is 73.5 Å². The molecule has 14 heteroatoms. The number of benzene rings is 2. The minimum atomic E-state index is -5.11. The van der Waals surface area contributed by atoms with Crippen LogP contribution >= 0.6 is 0 Å². The summed E-state index contributed by atoms with van der Waals surface area (Å²) in [5.41, 5.74) is -5.95. The Morgan fingerprint density at radius 3 is 2.05 bits per heavy atom. The van der Waals surface area contributed by atoms with Crippen molar-refractivity contribution in [2.45, 2.75) is 82.5 Å². The summed E-state index contributed by atoms with van der Waals surface area (Å²) in [6.45, 7) is 4.13. The lowest BCUT2D eigenvalue weighted by atomic mass is 9.76. The first kappa shape index (κ1) is 31.8. The summed E-state index contributed by atoms with van der Waals surface area (Å²) in [6, 6.07) is 5.09. The number of para-hydroxylation sites is 1. The number of halogens is 6. The maximum absolute atomic E-state index is 13.8. The molecule has 8 nitrogen and oxygen atoms in total. The molecule has 1 saturated carbocycles. The van der Waals surface area contributed by atoms with Gasteiger partial charge in [-0.2, -0.15) is 26.3 Å². The number of alkyl carbamates (subject to hydrolysis) is 1. The molecule has 2 aliphatic rings. The van der Waals surface area contributed by atoms with E-state index in [1.165, 1.54) is 24.3 Å². The maximum Gasteiger partial charge on any atom is 0.416 e. The number of ether oxygens (including phenoxy) is 1. The van der Waals surface area contributed by atoms with Crippen molar-refractivity contribution in [3.63, 3.8) is 0 Å². The summed E-state index contributed by atoms with van der Waals surface area (Å²) in [7, 11) is 0. The molecule has 0 spiro atoms. The van der Waals surface area contributed by atoms with Crippen LogP contribution in [0.3, 0.4) is 0 Å². The van der Waals surface area contributed by atoms with E-state index in [2.05, 4.69) is 10.6 Å². The third-order valence-electron chi connectivity index (χ3n) is 7.12. The number of rotatable bonds is 5. The molecular formula is C29H29F6N3O5. The molecule has 1 heterocycles. The summed E-state index contributed by atoms with van der Waals surface area (Å²) in [5, 5.41) is 5.02. The Morgan fingerprint density at radius 1 is 0.953 bits per heavy atom. The highest BCUT2D eigenvalue weighted by Gasteiger charge is 2.48. The molecule has 2 aromatic rings. The SMILES string of the molecule is CC(C)(C)OC(=O)NC1(C(=O)N[C@@H]2CC(=O)c3ccccc3N(Cc3cc(C(F)(F)F)cc(C(F)(F)F)c3)C2=O)CCC1. The van der Waals surface area contributed by atoms with E-state index in [0.29, 0.717) is 18.6 Å². The second-order valence-corrected chi connectivity index (χ2v) is 11.6. The van der Waals surface area contributed by atoms with E-state index >= 15 is 0 Å². The number of amides is 3. The minimum Gasteiger partial charge on any atom is -0.444 e. The molecule has 1 atom stereocenters. The van der Waals surface area contributed by atoms with Gasteiger partial charge in [-0.05, 0) is 75.9 Å². The lowest BCUT2D eigenvalue weighted by Gasteiger charge is -2.41. The standard InChI is InChI=1S/C29H29F6N3O5/c1-26(2,3)43-25(42)37-27(9-6-10-27)24(41)36-20-14-22(39)19-7-4-5-8-21(19)38(23(20)40)15-16-11-17(28(30,31)32)13-18(12-16)29(33,34)35/h4-5,7-8,11-13,20H,6,9-10,14-15H2,1-3H3,(H,36,41)(H,37,42)/t20-/m1/s1. The Morgan fingerprint density at radius 2 is 1.53 bits per heavy atom. The van der Waals surface area contributed by atoms with Crippen LogP contribution in [0.5, 0.6) is 0 Å². The molecule has 0 unspecified atom stereocenters. The highest BCUT2D eigenvalue weighted by atomic mass is 19.4. The van der Waals surface area contributed by atoms with Crippen molar-refractivity contribution in [1.29, 1.82) is 0 Å².